The minimum absolute atomic E-state index is 0.479. The molecule has 2 aliphatic rings. The lowest BCUT2D eigenvalue weighted by Gasteiger charge is -2.47. The molecular weight excluding hydrogens is 178 g/mol. The number of piperidine rings is 2. The van der Waals surface area contributed by atoms with E-state index in [1.54, 1.807) is 0 Å². The van der Waals surface area contributed by atoms with Crippen LogP contribution in [0.1, 0.15) is 38.5 Å². The van der Waals surface area contributed by atoms with Crippen molar-refractivity contribution >= 4 is 6.47 Å². The van der Waals surface area contributed by atoms with Crippen LogP contribution in [0.2, 0.25) is 0 Å². The van der Waals surface area contributed by atoms with Crippen LogP contribution < -0.4 is 0 Å². The summed E-state index contributed by atoms with van der Waals surface area (Å²) in [6.45, 7) is 4.30. The second-order valence-electron chi connectivity index (χ2n) is 4.18. The first-order valence-corrected chi connectivity index (χ1v) is 5.40. The molecule has 0 unspecified atom stereocenters. The predicted octanol–water partition coefficient (Wildman–Crippen LogP) is 2.04. The van der Waals surface area contributed by atoms with Gasteiger partial charge in [-0.25, -0.2) is 0 Å². The van der Waals surface area contributed by atoms with Crippen LogP contribution in [-0.2, 0) is 9.53 Å². The summed E-state index contributed by atoms with van der Waals surface area (Å²) in [7, 11) is 0. The SMILES string of the molecule is C=C(OC=O)N1C2CCCC1CCC2. The lowest BCUT2D eigenvalue weighted by Crippen LogP contribution is -2.49. The van der Waals surface area contributed by atoms with Gasteiger partial charge in [0.05, 0.1) is 0 Å². The minimum atomic E-state index is 0.479. The van der Waals surface area contributed by atoms with Gasteiger partial charge in [-0.3, -0.25) is 4.79 Å². The van der Waals surface area contributed by atoms with Crippen LogP contribution in [0.15, 0.2) is 12.5 Å². The van der Waals surface area contributed by atoms with Gasteiger partial charge in [0.1, 0.15) is 0 Å². The molecule has 0 amide bonds. The van der Waals surface area contributed by atoms with E-state index in [-0.39, 0.29) is 0 Å². The van der Waals surface area contributed by atoms with Crippen molar-refractivity contribution in [2.24, 2.45) is 0 Å². The molecule has 2 fully saturated rings. The summed E-state index contributed by atoms with van der Waals surface area (Å²) in [5.74, 6) is 0.550. The van der Waals surface area contributed by atoms with Crippen molar-refractivity contribution < 1.29 is 9.53 Å². The van der Waals surface area contributed by atoms with E-state index in [9.17, 15) is 4.79 Å². The molecule has 0 aliphatic carbocycles. The van der Waals surface area contributed by atoms with Crippen LogP contribution in [-0.4, -0.2) is 23.5 Å². The van der Waals surface area contributed by atoms with Crippen LogP contribution in [0, 0.1) is 0 Å². The third-order valence-electron chi connectivity index (χ3n) is 3.41. The lowest BCUT2D eigenvalue weighted by atomic mass is 9.85. The molecule has 0 N–H and O–H groups in total. The summed E-state index contributed by atoms with van der Waals surface area (Å²) in [5, 5.41) is 0. The van der Waals surface area contributed by atoms with Crippen molar-refractivity contribution in [1.82, 2.24) is 4.90 Å². The molecule has 2 rings (SSSR count). The van der Waals surface area contributed by atoms with E-state index in [1.165, 1.54) is 38.5 Å². The summed E-state index contributed by atoms with van der Waals surface area (Å²) < 4.78 is 4.87. The Labute approximate surface area is 84.7 Å². The highest BCUT2D eigenvalue weighted by Gasteiger charge is 2.35. The van der Waals surface area contributed by atoms with Crippen molar-refractivity contribution in [3.63, 3.8) is 0 Å². The van der Waals surface area contributed by atoms with Gasteiger partial charge in [-0.05, 0) is 45.1 Å². The molecule has 0 spiro atoms. The molecule has 0 radical (unpaired) electrons. The van der Waals surface area contributed by atoms with E-state index in [0.717, 1.165) is 0 Å². The zero-order valence-corrected chi connectivity index (χ0v) is 8.45. The maximum atomic E-state index is 10.3. The Morgan fingerprint density at radius 1 is 1.21 bits per heavy atom. The standard InChI is InChI=1S/C11H17NO2/c1-9(14-8-13)12-10-4-2-5-11(12)7-3-6-10/h8,10-11H,1-7H2. The summed E-state index contributed by atoms with van der Waals surface area (Å²) in [5.41, 5.74) is 0. The van der Waals surface area contributed by atoms with Gasteiger partial charge in [0.25, 0.3) is 6.47 Å². The molecule has 3 heteroatoms. The molecule has 0 aromatic heterocycles. The van der Waals surface area contributed by atoms with E-state index in [4.69, 9.17) is 4.74 Å². The summed E-state index contributed by atoms with van der Waals surface area (Å²) >= 11 is 0. The van der Waals surface area contributed by atoms with Crippen molar-refractivity contribution in [3.05, 3.63) is 12.5 Å². The van der Waals surface area contributed by atoms with Gasteiger partial charge in [0, 0.05) is 12.1 Å². The van der Waals surface area contributed by atoms with Gasteiger partial charge in [-0.1, -0.05) is 0 Å². The third kappa shape index (κ3) is 1.63. The number of hydrogen-bond acceptors (Lipinski definition) is 3. The molecule has 2 saturated heterocycles. The van der Waals surface area contributed by atoms with Crippen molar-refractivity contribution in [2.45, 2.75) is 50.6 Å². The highest BCUT2D eigenvalue weighted by Crippen LogP contribution is 2.36. The molecule has 0 atom stereocenters. The van der Waals surface area contributed by atoms with Gasteiger partial charge in [-0.15, -0.1) is 0 Å². The van der Waals surface area contributed by atoms with Gasteiger partial charge in [0.15, 0.2) is 5.88 Å². The van der Waals surface area contributed by atoms with Crippen LogP contribution >= 0.6 is 0 Å². The summed E-state index contributed by atoms with van der Waals surface area (Å²) in [6, 6.07) is 1.13. The van der Waals surface area contributed by atoms with Gasteiger partial charge in [0.2, 0.25) is 0 Å². The third-order valence-corrected chi connectivity index (χ3v) is 3.41. The van der Waals surface area contributed by atoms with Crippen LogP contribution in [0.4, 0.5) is 0 Å². The van der Waals surface area contributed by atoms with E-state index < -0.39 is 0 Å². The van der Waals surface area contributed by atoms with Crippen molar-refractivity contribution in [3.8, 4) is 0 Å². The quantitative estimate of drug-likeness (QED) is 0.510. The van der Waals surface area contributed by atoms with Crippen LogP contribution in [0.5, 0.6) is 0 Å². The Balaban J connectivity index is 2.07. The average molecular weight is 195 g/mol. The van der Waals surface area contributed by atoms with E-state index in [2.05, 4.69) is 11.5 Å². The second kappa shape index (κ2) is 4.03. The first-order chi connectivity index (χ1) is 6.83. The van der Waals surface area contributed by atoms with Crippen molar-refractivity contribution in [1.29, 1.82) is 0 Å². The fraction of sp³-hybridized carbons (Fsp3) is 0.727. The fourth-order valence-electron chi connectivity index (χ4n) is 2.85. The number of rotatable bonds is 3. The van der Waals surface area contributed by atoms with Crippen molar-refractivity contribution in [2.75, 3.05) is 0 Å². The number of fused-ring (bicyclic) bond motifs is 2. The molecule has 3 nitrogen and oxygen atoms in total. The zero-order chi connectivity index (χ0) is 9.97. The number of nitrogens with zero attached hydrogens (tertiary/aromatic N) is 1. The molecule has 78 valence electrons. The smallest absolute Gasteiger partial charge is 0.299 e. The Morgan fingerprint density at radius 2 is 1.71 bits per heavy atom. The van der Waals surface area contributed by atoms with Gasteiger partial charge in [-0.2, -0.15) is 0 Å². The molecule has 2 bridgehead atoms. The first kappa shape index (κ1) is 9.56. The Kier molecular flexibility index (Phi) is 2.75. The monoisotopic (exact) mass is 195 g/mol. The number of carbonyl (C=O) groups is 1. The highest BCUT2D eigenvalue weighted by atomic mass is 16.5. The molecule has 0 aromatic rings. The molecular formula is C11H17NO2. The topological polar surface area (TPSA) is 29.5 Å². The molecule has 0 saturated carbocycles. The molecule has 2 aliphatic heterocycles. The maximum Gasteiger partial charge on any atom is 0.299 e. The summed E-state index contributed by atoms with van der Waals surface area (Å²) in [6.07, 6.45) is 7.49. The Morgan fingerprint density at radius 3 is 2.14 bits per heavy atom. The van der Waals surface area contributed by atoms with Gasteiger partial charge >= 0.3 is 0 Å². The number of carbonyl (C=O) groups excluding carboxylic acids is 1. The van der Waals surface area contributed by atoms with E-state index in [1.807, 2.05) is 0 Å². The predicted molar refractivity (Wildman–Crippen MR) is 53.4 cm³/mol. The number of ether oxygens (including phenoxy) is 1. The van der Waals surface area contributed by atoms with E-state index in [0.29, 0.717) is 24.4 Å². The summed E-state index contributed by atoms with van der Waals surface area (Å²) in [4.78, 5) is 12.5. The fourth-order valence-corrected chi connectivity index (χ4v) is 2.85. The molecule has 14 heavy (non-hydrogen) atoms. The van der Waals surface area contributed by atoms with Crippen LogP contribution in [0.3, 0.4) is 0 Å². The Hall–Kier alpha value is -0.990. The normalized spacial score (nSPS) is 31.0. The van der Waals surface area contributed by atoms with Crippen LogP contribution in [0.25, 0.3) is 0 Å². The average Bonchev–Trinajstić information content (AvgIpc) is 2.17. The molecule has 2 heterocycles. The largest absolute Gasteiger partial charge is 0.413 e. The molecule has 0 aromatic carbocycles. The number of hydrogen-bond donors (Lipinski definition) is 0. The van der Waals surface area contributed by atoms with E-state index >= 15 is 0 Å². The van der Waals surface area contributed by atoms with Gasteiger partial charge < -0.3 is 9.64 Å². The maximum absolute atomic E-state index is 10.3. The lowest BCUT2D eigenvalue weighted by molar-refractivity contribution is -0.129. The second-order valence-corrected chi connectivity index (χ2v) is 4.18. The minimum Gasteiger partial charge on any atom is -0.413 e. The highest BCUT2D eigenvalue weighted by molar-refractivity contribution is 5.39. The first-order valence-electron chi connectivity index (χ1n) is 5.40. The zero-order valence-electron chi connectivity index (χ0n) is 8.45. The Bertz CT molecular complexity index is 217.